The van der Waals surface area contributed by atoms with Gasteiger partial charge in [0.05, 0.1) is 12.2 Å². The van der Waals surface area contributed by atoms with Crippen molar-refractivity contribution in [3.8, 4) is 5.75 Å². The van der Waals surface area contributed by atoms with Crippen molar-refractivity contribution in [3.63, 3.8) is 0 Å². The molecule has 3 unspecified atom stereocenters. The van der Waals surface area contributed by atoms with E-state index in [1.54, 1.807) is 0 Å². The van der Waals surface area contributed by atoms with Crippen LogP contribution in [-0.4, -0.2) is 18.9 Å². The number of hydrogen-bond donors (Lipinski definition) is 0. The Hall–Kier alpha value is -1.90. The van der Waals surface area contributed by atoms with Crippen LogP contribution in [0.2, 0.25) is 5.82 Å². The van der Waals surface area contributed by atoms with Crippen LogP contribution in [0.4, 0.5) is 0 Å². The first-order valence-electron chi connectivity index (χ1n) is 11.9. The summed E-state index contributed by atoms with van der Waals surface area (Å²) >= 11 is 0. The van der Waals surface area contributed by atoms with Gasteiger partial charge >= 0.3 is 0 Å². The molecule has 1 fully saturated rings. The normalized spacial score (nSPS) is 27.6. The summed E-state index contributed by atoms with van der Waals surface area (Å²) in [5, 5.41) is 0. The van der Waals surface area contributed by atoms with Gasteiger partial charge in [0.2, 0.25) is 6.71 Å². The maximum Gasteiger partial charge on any atom is 0.220 e. The zero-order chi connectivity index (χ0) is 21.3. The van der Waals surface area contributed by atoms with Gasteiger partial charge in [-0.2, -0.15) is 0 Å². The predicted molar refractivity (Wildman–Crippen MR) is 128 cm³/mol. The van der Waals surface area contributed by atoms with Crippen molar-refractivity contribution >= 4 is 12.2 Å². The first kappa shape index (κ1) is 21.3. The minimum Gasteiger partial charge on any atom is -0.491 e. The molecule has 0 radical (unpaired) electrons. The maximum absolute atomic E-state index is 6.83. The quantitative estimate of drug-likeness (QED) is 0.404. The monoisotopic (exact) mass is 404 g/mol. The molecule has 0 N–H and O–H groups in total. The molecule has 160 valence electrons. The highest BCUT2D eigenvalue weighted by Gasteiger charge is 2.46. The summed E-state index contributed by atoms with van der Waals surface area (Å²) in [7, 11) is 0. The Balaban J connectivity index is 1.90. The number of hydrogen-bond acceptors (Lipinski definition) is 2. The molecule has 1 aromatic rings. The third-order valence-corrected chi connectivity index (χ3v) is 7.68. The molecule has 2 heterocycles. The lowest BCUT2D eigenvalue weighted by atomic mass is 9.30. The Morgan fingerprint density at radius 2 is 1.77 bits per heavy atom. The van der Waals surface area contributed by atoms with Crippen molar-refractivity contribution in [1.82, 2.24) is 0 Å². The van der Waals surface area contributed by atoms with Gasteiger partial charge in [-0.3, -0.25) is 0 Å². The van der Waals surface area contributed by atoms with Crippen LogP contribution in [0.15, 0.2) is 53.2 Å². The SMILES string of the molecule is C=C/C(C)=C(/C)C1=C(C)B2c3c(C)cccc3OC3CCCCCCCC(CC23)O1. The van der Waals surface area contributed by atoms with Crippen molar-refractivity contribution in [2.75, 3.05) is 0 Å². The van der Waals surface area contributed by atoms with Gasteiger partial charge in [0, 0.05) is 0 Å². The second-order valence-corrected chi connectivity index (χ2v) is 9.63. The standard InChI is InChI=1S/C27H37BO2/c1-6-18(2)20(4)27-21(5)28-23-17-22(29-27)14-10-8-7-9-11-15-24(23)30-25-16-12-13-19(3)26(25)28/h6,12-13,16,22-24H,1,7-11,14-15,17H2,2-5H3/b20-18-. The van der Waals surface area contributed by atoms with Gasteiger partial charge in [-0.15, -0.1) is 0 Å². The molecule has 3 heteroatoms. The first-order valence-corrected chi connectivity index (χ1v) is 11.9. The lowest BCUT2D eigenvalue weighted by molar-refractivity contribution is 0.0857. The minimum atomic E-state index is 0.271. The van der Waals surface area contributed by atoms with Crippen LogP contribution in [0.1, 0.15) is 77.7 Å². The molecule has 4 rings (SSSR count). The van der Waals surface area contributed by atoms with E-state index in [-0.39, 0.29) is 12.2 Å². The molecule has 0 saturated heterocycles. The molecule has 1 saturated carbocycles. The number of fused-ring (bicyclic) bond motifs is 3. The van der Waals surface area contributed by atoms with Crippen LogP contribution in [0.5, 0.6) is 5.75 Å². The summed E-state index contributed by atoms with van der Waals surface area (Å²) in [4.78, 5) is 0. The zero-order valence-corrected chi connectivity index (χ0v) is 19.3. The average molecular weight is 404 g/mol. The summed E-state index contributed by atoms with van der Waals surface area (Å²) in [6.45, 7) is 13.3. The van der Waals surface area contributed by atoms with Gasteiger partial charge in [-0.25, -0.2) is 0 Å². The summed E-state index contributed by atoms with van der Waals surface area (Å²) in [6, 6.07) is 6.56. The van der Waals surface area contributed by atoms with Crippen LogP contribution in [-0.2, 0) is 4.74 Å². The van der Waals surface area contributed by atoms with Gasteiger partial charge in [0.1, 0.15) is 11.5 Å². The summed E-state index contributed by atoms with van der Waals surface area (Å²) in [5.74, 6) is 2.68. The molecule has 30 heavy (non-hydrogen) atoms. The Labute approximate surface area is 183 Å². The highest BCUT2D eigenvalue weighted by molar-refractivity contribution is 6.82. The average Bonchev–Trinajstić information content (AvgIpc) is 2.91. The molecule has 0 amide bonds. The Bertz CT molecular complexity index is 866. The summed E-state index contributed by atoms with van der Waals surface area (Å²) in [5.41, 5.74) is 6.54. The third-order valence-electron chi connectivity index (χ3n) is 7.68. The van der Waals surface area contributed by atoms with E-state index < -0.39 is 0 Å². The molecule has 1 aliphatic carbocycles. The van der Waals surface area contributed by atoms with Crippen molar-refractivity contribution in [2.45, 2.75) is 97.1 Å². The number of allylic oxidation sites excluding steroid dienone is 4. The Morgan fingerprint density at radius 1 is 1.03 bits per heavy atom. The van der Waals surface area contributed by atoms with Crippen molar-refractivity contribution in [2.24, 2.45) is 0 Å². The summed E-state index contributed by atoms with van der Waals surface area (Å²) < 4.78 is 13.5. The van der Waals surface area contributed by atoms with Crippen LogP contribution >= 0.6 is 0 Å². The van der Waals surface area contributed by atoms with E-state index in [1.807, 2.05) is 6.08 Å². The molecule has 2 aliphatic heterocycles. The molecular weight excluding hydrogens is 367 g/mol. The van der Waals surface area contributed by atoms with Crippen LogP contribution < -0.4 is 10.2 Å². The minimum absolute atomic E-state index is 0.271. The third kappa shape index (κ3) is 4.00. The molecule has 1 aromatic carbocycles. The van der Waals surface area contributed by atoms with Crippen LogP contribution in [0.25, 0.3) is 0 Å². The van der Waals surface area contributed by atoms with Crippen molar-refractivity contribution in [3.05, 3.63) is 58.8 Å². The van der Waals surface area contributed by atoms with E-state index >= 15 is 0 Å². The maximum atomic E-state index is 6.83. The second kappa shape index (κ2) is 9.08. The largest absolute Gasteiger partial charge is 0.491 e. The molecule has 0 aromatic heterocycles. The van der Waals surface area contributed by atoms with E-state index in [9.17, 15) is 0 Å². The zero-order valence-electron chi connectivity index (χ0n) is 19.3. The highest BCUT2D eigenvalue weighted by atomic mass is 16.5. The van der Waals surface area contributed by atoms with Crippen molar-refractivity contribution < 1.29 is 9.47 Å². The smallest absolute Gasteiger partial charge is 0.220 e. The number of aryl methyl sites for hydroxylation is 1. The lowest BCUT2D eigenvalue weighted by Gasteiger charge is -2.39. The van der Waals surface area contributed by atoms with Gasteiger partial charge < -0.3 is 9.47 Å². The van der Waals surface area contributed by atoms with Crippen molar-refractivity contribution in [1.29, 1.82) is 0 Å². The molecule has 3 aliphatic rings. The fourth-order valence-electron chi connectivity index (χ4n) is 5.83. The number of benzene rings is 1. The van der Waals surface area contributed by atoms with Gasteiger partial charge in [-0.05, 0) is 88.3 Å². The predicted octanol–water partition coefficient (Wildman–Crippen LogP) is 6.70. The molecule has 2 bridgehead atoms. The number of rotatable bonds is 2. The molecule has 3 atom stereocenters. The fourth-order valence-corrected chi connectivity index (χ4v) is 5.83. The Kier molecular flexibility index (Phi) is 6.46. The lowest BCUT2D eigenvalue weighted by Crippen LogP contribution is -2.50. The summed E-state index contributed by atoms with van der Waals surface area (Å²) in [6.07, 6.45) is 12.4. The van der Waals surface area contributed by atoms with Gasteiger partial charge in [-0.1, -0.05) is 55.1 Å². The number of ether oxygens (including phenoxy) is 2. The van der Waals surface area contributed by atoms with E-state index in [1.165, 1.54) is 59.7 Å². The van der Waals surface area contributed by atoms with E-state index in [2.05, 4.69) is 52.5 Å². The van der Waals surface area contributed by atoms with E-state index in [4.69, 9.17) is 9.47 Å². The molecule has 0 spiro atoms. The molecule has 2 nitrogen and oxygen atoms in total. The Morgan fingerprint density at radius 3 is 2.53 bits per heavy atom. The van der Waals surface area contributed by atoms with E-state index in [0.29, 0.717) is 12.5 Å². The fraction of sp³-hybridized carbons (Fsp3) is 0.556. The van der Waals surface area contributed by atoms with Crippen LogP contribution in [0, 0.1) is 6.92 Å². The molecular formula is C27H37BO2. The second-order valence-electron chi connectivity index (χ2n) is 9.63. The van der Waals surface area contributed by atoms with E-state index in [0.717, 1.165) is 30.8 Å². The highest BCUT2D eigenvalue weighted by Crippen LogP contribution is 2.43. The topological polar surface area (TPSA) is 18.5 Å². The first-order chi connectivity index (χ1) is 14.5. The van der Waals surface area contributed by atoms with Crippen LogP contribution in [0.3, 0.4) is 0 Å². The van der Waals surface area contributed by atoms with Gasteiger partial charge in [0.25, 0.3) is 0 Å². The van der Waals surface area contributed by atoms with Gasteiger partial charge in [0.15, 0.2) is 0 Å².